The summed E-state index contributed by atoms with van der Waals surface area (Å²) in [6, 6.07) is 15.9. The molecule has 0 radical (unpaired) electrons. The third-order valence-electron chi connectivity index (χ3n) is 4.38. The number of aromatic nitrogens is 2. The number of halogens is 1. The third-order valence-corrected chi connectivity index (χ3v) is 4.38. The number of nitrogens with one attached hydrogen (secondary N) is 2. The normalized spacial score (nSPS) is 10.4. The fraction of sp³-hybridized carbons (Fsp3) is 0.227. The van der Waals surface area contributed by atoms with E-state index >= 15 is 0 Å². The van der Waals surface area contributed by atoms with Crippen LogP contribution in [0.4, 0.5) is 10.3 Å². The van der Waals surface area contributed by atoms with E-state index in [0.717, 1.165) is 17.7 Å². The molecule has 0 fully saturated rings. The standard InChI is InChI=1S/C22H23FN4O2/c1-29-18-8-6-16(7-9-18)10-13-25-22-26-15-12-20(27-22)21(28)24-14-11-17-4-2-3-5-19(17)23/h2-9,12,15H,10-11,13-14H2,1H3,(H,24,28)(H,25,26,27). The van der Waals surface area contributed by atoms with Crippen molar-refractivity contribution in [3.8, 4) is 5.75 Å². The maximum absolute atomic E-state index is 13.6. The van der Waals surface area contributed by atoms with Gasteiger partial charge in [0.05, 0.1) is 7.11 Å². The lowest BCUT2D eigenvalue weighted by molar-refractivity contribution is 0.0949. The molecule has 150 valence electrons. The van der Waals surface area contributed by atoms with E-state index < -0.39 is 0 Å². The molecule has 7 heteroatoms. The number of anilines is 1. The Morgan fingerprint density at radius 1 is 1.03 bits per heavy atom. The van der Waals surface area contributed by atoms with E-state index in [1.54, 1.807) is 31.4 Å². The molecule has 1 amide bonds. The molecule has 29 heavy (non-hydrogen) atoms. The van der Waals surface area contributed by atoms with Gasteiger partial charge in [0, 0.05) is 19.3 Å². The number of nitrogens with zero attached hydrogens (tertiary/aromatic N) is 2. The fourth-order valence-corrected chi connectivity index (χ4v) is 2.78. The first-order valence-corrected chi connectivity index (χ1v) is 9.37. The van der Waals surface area contributed by atoms with Crippen LogP contribution >= 0.6 is 0 Å². The number of hydrogen-bond donors (Lipinski definition) is 2. The second kappa shape index (κ2) is 10.2. The fourth-order valence-electron chi connectivity index (χ4n) is 2.78. The lowest BCUT2D eigenvalue weighted by Crippen LogP contribution is -2.27. The Morgan fingerprint density at radius 2 is 1.83 bits per heavy atom. The summed E-state index contributed by atoms with van der Waals surface area (Å²) in [5.74, 6) is 0.619. The number of carbonyl (C=O) groups excluding carboxylic acids is 1. The van der Waals surface area contributed by atoms with E-state index in [-0.39, 0.29) is 17.4 Å². The summed E-state index contributed by atoms with van der Waals surface area (Å²) in [6.45, 7) is 0.953. The van der Waals surface area contributed by atoms with Crippen LogP contribution < -0.4 is 15.4 Å². The van der Waals surface area contributed by atoms with Gasteiger partial charge in [-0.25, -0.2) is 14.4 Å². The van der Waals surface area contributed by atoms with E-state index in [0.29, 0.717) is 31.0 Å². The number of carbonyl (C=O) groups is 1. The predicted octanol–water partition coefficient (Wildman–Crippen LogP) is 3.25. The molecule has 0 aliphatic heterocycles. The van der Waals surface area contributed by atoms with Gasteiger partial charge in [-0.1, -0.05) is 30.3 Å². The molecule has 3 rings (SSSR count). The lowest BCUT2D eigenvalue weighted by atomic mass is 10.1. The molecule has 0 unspecified atom stereocenters. The Balaban J connectivity index is 1.47. The van der Waals surface area contributed by atoms with Crippen LogP contribution in [0, 0.1) is 5.82 Å². The molecule has 2 aromatic carbocycles. The van der Waals surface area contributed by atoms with Crippen LogP contribution in [0.3, 0.4) is 0 Å². The van der Waals surface area contributed by atoms with Gasteiger partial charge in [0.2, 0.25) is 5.95 Å². The molecule has 0 aliphatic rings. The minimum atomic E-state index is -0.318. The molecular formula is C22H23FN4O2. The Bertz CT molecular complexity index is 948. The van der Waals surface area contributed by atoms with Gasteiger partial charge < -0.3 is 15.4 Å². The van der Waals surface area contributed by atoms with E-state index in [2.05, 4.69) is 20.6 Å². The zero-order valence-electron chi connectivity index (χ0n) is 16.2. The summed E-state index contributed by atoms with van der Waals surface area (Å²) in [5, 5.41) is 5.88. The molecular weight excluding hydrogens is 371 g/mol. The van der Waals surface area contributed by atoms with Crippen LogP contribution in [0.1, 0.15) is 21.6 Å². The van der Waals surface area contributed by atoms with Gasteiger partial charge in [-0.15, -0.1) is 0 Å². The smallest absolute Gasteiger partial charge is 0.270 e. The Kier molecular flexibility index (Phi) is 7.10. The molecule has 1 aromatic heterocycles. The van der Waals surface area contributed by atoms with Crippen molar-refractivity contribution >= 4 is 11.9 Å². The molecule has 3 aromatic rings. The van der Waals surface area contributed by atoms with Crippen molar-refractivity contribution in [3.05, 3.63) is 83.4 Å². The summed E-state index contributed by atoms with van der Waals surface area (Å²) in [7, 11) is 1.64. The quantitative estimate of drug-likeness (QED) is 0.583. The molecule has 0 atom stereocenters. The van der Waals surface area contributed by atoms with Gasteiger partial charge in [0.15, 0.2) is 0 Å². The zero-order valence-corrected chi connectivity index (χ0v) is 16.2. The number of hydrogen-bond acceptors (Lipinski definition) is 5. The number of benzene rings is 2. The predicted molar refractivity (Wildman–Crippen MR) is 110 cm³/mol. The van der Waals surface area contributed by atoms with Crippen molar-refractivity contribution in [3.63, 3.8) is 0 Å². The van der Waals surface area contributed by atoms with E-state index in [4.69, 9.17) is 4.74 Å². The van der Waals surface area contributed by atoms with Crippen molar-refractivity contribution in [2.24, 2.45) is 0 Å². The average molecular weight is 394 g/mol. The highest BCUT2D eigenvalue weighted by Gasteiger charge is 2.09. The molecule has 0 aliphatic carbocycles. The Morgan fingerprint density at radius 3 is 2.59 bits per heavy atom. The second-order valence-electron chi connectivity index (χ2n) is 6.39. The maximum atomic E-state index is 13.6. The van der Waals surface area contributed by atoms with Crippen molar-refractivity contribution in [1.29, 1.82) is 0 Å². The van der Waals surface area contributed by atoms with Crippen molar-refractivity contribution < 1.29 is 13.9 Å². The van der Waals surface area contributed by atoms with Crippen LogP contribution in [0.5, 0.6) is 5.75 Å². The van der Waals surface area contributed by atoms with Crippen molar-refractivity contribution in [2.75, 3.05) is 25.5 Å². The number of ether oxygens (including phenoxy) is 1. The first kappa shape index (κ1) is 20.3. The van der Waals surface area contributed by atoms with Crippen molar-refractivity contribution in [2.45, 2.75) is 12.8 Å². The number of amides is 1. The summed E-state index contributed by atoms with van der Waals surface area (Å²) in [5.41, 5.74) is 1.98. The molecule has 0 saturated carbocycles. The second-order valence-corrected chi connectivity index (χ2v) is 6.39. The Hall–Kier alpha value is -3.48. The summed E-state index contributed by atoms with van der Waals surface area (Å²) in [6.07, 6.45) is 2.73. The van der Waals surface area contributed by atoms with Crippen LogP contribution in [-0.4, -0.2) is 36.1 Å². The highest BCUT2D eigenvalue weighted by atomic mass is 19.1. The van der Waals surface area contributed by atoms with Crippen LogP contribution in [0.15, 0.2) is 60.8 Å². The summed E-state index contributed by atoms with van der Waals surface area (Å²) in [4.78, 5) is 20.7. The molecule has 0 bridgehead atoms. The maximum Gasteiger partial charge on any atom is 0.270 e. The van der Waals surface area contributed by atoms with Crippen LogP contribution in [0.2, 0.25) is 0 Å². The van der Waals surface area contributed by atoms with Crippen molar-refractivity contribution in [1.82, 2.24) is 15.3 Å². The highest BCUT2D eigenvalue weighted by molar-refractivity contribution is 5.92. The minimum absolute atomic E-state index is 0.264. The van der Waals surface area contributed by atoms with Gasteiger partial charge in [-0.2, -0.15) is 0 Å². The first-order valence-electron chi connectivity index (χ1n) is 9.37. The topological polar surface area (TPSA) is 76.1 Å². The zero-order chi connectivity index (χ0) is 20.5. The summed E-state index contributed by atoms with van der Waals surface area (Å²) >= 11 is 0. The van der Waals surface area contributed by atoms with E-state index in [9.17, 15) is 9.18 Å². The third kappa shape index (κ3) is 6.00. The Labute approximate surface area is 169 Å². The van der Waals surface area contributed by atoms with Gasteiger partial charge in [0.1, 0.15) is 17.3 Å². The molecule has 2 N–H and O–H groups in total. The van der Waals surface area contributed by atoms with E-state index in [1.165, 1.54) is 12.3 Å². The largest absolute Gasteiger partial charge is 0.497 e. The van der Waals surface area contributed by atoms with Gasteiger partial charge in [-0.05, 0) is 48.2 Å². The van der Waals surface area contributed by atoms with Crippen LogP contribution in [0.25, 0.3) is 0 Å². The molecule has 0 saturated heterocycles. The SMILES string of the molecule is COc1ccc(CCNc2nccc(C(=O)NCCc3ccccc3F)n2)cc1. The highest BCUT2D eigenvalue weighted by Crippen LogP contribution is 2.12. The monoisotopic (exact) mass is 394 g/mol. The molecule has 0 spiro atoms. The molecule has 1 heterocycles. The number of methoxy groups -OCH3 is 1. The number of rotatable bonds is 9. The summed E-state index contributed by atoms with van der Waals surface area (Å²) < 4.78 is 18.8. The lowest BCUT2D eigenvalue weighted by Gasteiger charge is -2.08. The molecule has 6 nitrogen and oxygen atoms in total. The van der Waals surface area contributed by atoms with Crippen LogP contribution in [-0.2, 0) is 12.8 Å². The van der Waals surface area contributed by atoms with Gasteiger partial charge in [-0.3, -0.25) is 4.79 Å². The first-order chi connectivity index (χ1) is 14.2. The average Bonchev–Trinajstić information content (AvgIpc) is 2.76. The minimum Gasteiger partial charge on any atom is -0.497 e. The van der Waals surface area contributed by atoms with Gasteiger partial charge in [0.25, 0.3) is 5.91 Å². The van der Waals surface area contributed by atoms with Gasteiger partial charge >= 0.3 is 0 Å². The van der Waals surface area contributed by atoms with E-state index in [1.807, 2.05) is 24.3 Å².